The second-order valence-electron chi connectivity index (χ2n) is 4.97. The van der Waals surface area contributed by atoms with Crippen LogP contribution in [0.15, 0.2) is 30.3 Å². The van der Waals surface area contributed by atoms with E-state index in [1.165, 1.54) is 4.90 Å². The Morgan fingerprint density at radius 1 is 1.40 bits per heavy atom. The predicted molar refractivity (Wildman–Crippen MR) is 75.7 cm³/mol. The van der Waals surface area contributed by atoms with E-state index in [0.717, 1.165) is 17.0 Å². The van der Waals surface area contributed by atoms with Crippen LogP contribution in [-0.2, 0) is 13.1 Å². The van der Waals surface area contributed by atoms with Crippen LogP contribution in [0, 0.1) is 0 Å². The summed E-state index contributed by atoms with van der Waals surface area (Å²) in [6.45, 7) is 2.84. The van der Waals surface area contributed by atoms with Gasteiger partial charge in [-0.3, -0.25) is 9.58 Å². The standard InChI is InChI=1S/C14H14ClN3O2/c1-9-7-18-12(8-17(9)14(19)20)6-13(16-18)10-2-4-11(15)5-3-10/h2-6,9H,7-8H2,1H3,(H,19,20)/t9-/m0/s1. The highest BCUT2D eigenvalue weighted by Crippen LogP contribution is 2.25. The van der Waals surface area contributed by atoms with Crippen molar-refractivity contribution in [2.75, 3.05) is 0 Å². The lowest BCUT2D eigenvalue weighted by molar-refractivity contribution is 0.105. The number of halogens is 1. The summed E-state index contributed by atoms with van der Waals surface area (Å²) in [4.78, 5) is 12.6. The molecule has 0 bridgehead atoms. The van der Waals surface area contributed by atoms with Gasteiger partial charge in [0, 0.05) is 10.6 Å². The molecule has 0 radical (unpaired) electrons. The number of fused-ring (bicyclic) bond motifs is 1. The van der Waals surface area contributed by atoms with Gasteiger partial charge in [0.15, 0.2) is 0 Å². The molecule has 1 aromatic heterocycles. The minimum atomic E-state index is -0.891. The van der Waals surface area contributed by atoms with Crippen molar-refractivity contribution in [3.63, 3.8) is 0 Å². The Morgan fingerprint density at radius 2 is 2.10 bits per heavy atom. The van der Waals surface area contributed by atoms with E-state index in [4.69, 9.17) is 11.6 Å². The Bertz CT molecular complexity index is 651. The van der Waals surface area contributed by atoms with Gasteiger partial charge in [0.05, 0.1) is 30.5 Å². The van der Waals surface area contributed by atoms with E-state index < -0.39 is 6.09 Å². The first-order valence-electron chi connectivity index (χ1n) is 6.37. The molecular formula is C14H14ClN3O2. The third-order valence-electron chi connectivity index (χ3n) is 3.55. The number of hydrogen-bond donors (Lipinski definition) is 1. The molecule has 1 amide bonds. The average molecular weight is 292 g/mol. The number of hydrogen-bond acceptors (Lipinski definition) is 2. The molecule has 1 aromatic carbocycles. The molecule has 3 rings (SSSR count). The first kappa shape index (κ1) is 13.0. The molecule has 2 aromatic rings. The first-order chi connectivity index (χ1) is 9.54. The van der Waals surface area contributed by atoms with Gasteiger partial charge in [-0.1, -0.05) is 23.7 Å². The average Bonchev–Trinajstić information content (AvgIpc) is 2.81. The van der Waals surface area contributed by atoms with Gasteiger partial charge in [0.1, 0.15) is 0 Å². The van der Waals surface area contributed by atoms with Crippen molar-refractivity contribution in [3.8, 4) is 11.3 Å². The molecule has 1 atom stereocenters. The summed E-state index contributed by atoms with van der Waals surface area (Å²) in [6.07, 6.45) is -0.891. The highest BCUT2D eigenvalue weighted by molar-refractivity contribution is 6.30. The van der Waals surface area contributed by atoms with Crippen LogP contribution in [0.25, 0.3) is 11.3 Å². The second-order valence-corrected chi connectivity index (χ2v) is 5.41. The predicted octanol–water partition coefficient (Wildman–Crippen LogP) is 3.09. The van der Waals surface area contributed by atoms with Crippen LogP contribution in [0.1, 0.15) is 12.6 Å². The zero-order valence-electron chi connectivity index (χ0n) is 11.0. The highest BCUT2D eigenvalue weighted by Gasteiger charge is 2.27. The van der Waals surface area contributed by atoms with E-state index in [0.29, 0.717) is 18.1 Å². The summed E-state index contributed by atoms with van der Waals surface area (Å²) in [6, 6.07) is 9.33. The normalized spacial score (nSPS) is 17.9. The number of amides is 1. The van der Waals surface area contributed by atoms with Crippen LogP contribution < -0.4 is 0 Å². The molecule has 0 spiro atoms. The molecule has 5 nitrogen and oxygen atoms in total. The number of rotatable bonds is 1. The zero-order valence-corrected chi connectivity index (χ0v) is 11.7. The molecule has 2 heterocycles. The van der Waals surface area contributed by atoms with Gasteiger partial charge in [-0.05, 0) is 25.1 Å². The molecule has 104 valence electrons. The largest absolute Gasteiger partial charge is 0.465 e. The van der Waals surface area contributed by atoms with Crippen molar-refractivity contribution in [1.29, 1.82) is 0 Å². The summed E-state index contributed by atoms with van der Waals surface area (Å²) < 4.78 is 1.88. The molecule has 1 aliphatic heterocycles. The highest BCUT2D eigenvalue weighted by atomic mass is 35.5. The van der Waals surface area contributed by atoms with Gasteiger partial charge in [-0.25, -0.2) is 4.79 Å². The zero-order chi connectivity index (χ0) is 14.3. The van der Waals surface area contributed by atoms with Crippen LogP contribution in [0.3, 0.4) is 0 Å². The molecule has 0 saturated heterocycles. The molecule has 1 N–H and O–H groups in total. The molecule has 6 heteroatoms. The van der Waals surface area contributed by atoms with Crippen LogP contribution in [0.4, 0.5) is 4.79 Å². The van der Waals surface area contributed by atoms with E-state index in [9.17, 15) is 9.90 Å². The molecule has 0 fully saturated rings. The van der Waals surface area contributed by atoms with Crippen LogP contribution in [0.5, 0.6) is 0 Å². The van der Waals surface area contributed by atoms with E-state index in [2.05, 4.69) is 5.10 Å². The Morgan fingerprint density at radius 3 is 2.75 bits per heavy atom. The molecule has 0 aliphatic carbocycles. The van der Waals surface area contributed by atoms with E-state index in [1.807, 2.05) is 41.9 Å². The fraction of sp³-hybridized carbons (Fsp3) is 0.286. The van der Waals surface area contributed by atoms with Crippen LogP contribution in [-0.4, -0.2) is 31.9 Å². The van der Waals surface area contributed by atoms with Crippen molar-refractivity contribution in [1.82, 2.24) is 14.7 Å². The third-order valence-corrected chi connectivity index (χ3v) is 3.80. The summed E-state index contributed by atoms with van der Waals surface area (Å²) in [5, 5.41) is 14.4. The fourth-order valence-corrected chi connectivity index (χ4v) is 2.56. The van der Waals surface area contributed by atoms with E-state index in [-0.39, 0.29) is 6.04 Å². The Labute approximate surface area is 121 Å². The fourth-order valence-electron chi connectivity index (χ4n) is 2.44. The van der Waals surface area contributed by atoms with Crippen molar-refractivity contribution in [3.05, 3.63) is 41.0 Å². The van der Waals surface area contributed by atoms with Gasteiger partial charge in [0.2, 0.25) is 0 Å². The van der Waals surface area contributed by atoms with Crippen molar-refractivity contribution in [2.45, 2.75) is 26.1 Å². The molecular weight excluding hydrogens is 278 g/mol. The number of carboxylic acid groups (broad SMARTS) is 1. The lowest BCUT2D eigenvalue weighted by Crippen LogP contribution is -2.44. The monoisotopic (exact) mass is 291 g/mol. The van der Waals surface area contributed by atoms with Gasteiger partial charge in [-0.15, -0.1) is 0 Å². The van der Waals surface area contributed by atoms with Gasteiger partial charge in [0.25, 0.3) is 0 Å². The van der Waals surface area contributed by atoms with Gasteiger partial charge < -0.3 is 5.11 Å². The molecule has 0 unspecified atom stereocenters. The molecule has 1 aliphatic rings. The number of carbonyl (C=O) groups is 1. The van der Waals surface area contributed by atoms with Gasteiger partial charge >= 0.3 is 6.09 Å². The third kappa shape index (κ3) is 2.25. The second kappa shape index (κ2) is 4.83. The smallest absolute Gasteiger partial charge is 0.407 e. The minimum Gasteiger partial charge on any atom is -0.465 e. The summed E-state index contributed by atoms with van der Waals surface area (Å²) in [7, 11) is 0. The maximum atomic E-state index is 11.2. The Kier molecular flexibility index (Phi) is 3.14. The number of nitrogens with zero attached hydrogens (tertiary/aromatic N) is 3. The first-order valence-corrected chi connectivity index (χ1v) is 6.74. The van der Waals surface area contributed by atoms with Crippen LogP contribution in [0.2, 0.25) is 5.02 Å². The van der Waals surface area contributed by atoms with Crippen molar-refractivity contribution >= 4 is 17.7 Å². The van der Waals surface area contributed by atoms with Crippen LogP contribution >= 0.6 is 11.6 Å². The molecule has 20 heavy (non-hydrogen) atoms. The molecule has 0 saturated carbocycles. The maximum Gasteiger partial charge on any atom is 0.407 e. The van der Waals surface area contributed by atoms with E-state index in [1.54, 1.807) is 0 Å². The summed E-state index contributed by atoms with van der Waals surface area (Å²) in [5.74, 6) is 0. The van der Waals surface area contributed by atoms with Crippen molar-refractivity contribution in [2.24, 2.45) is 0 Å². The minimum absolute atomic E-state index is 0.0713. The maximum absolute atomic E-state index is 11.2. The summed E-state index contributed by atoms with van der Waals surface area (Å²) in [5.41, 5.74) is 2.73. The van der Waals surface area contributed by atoms with E-state index >= 15 is 0 Å². The SMILES string of the molecule is C[C@H]1Cn2nc(-c3ccc(Cl)cc3)cc2CN1C(=O)O. The number of benzene rings is 1. The van der Waals surface area contributed by atoms with Gasteiger partial charge in [-0.2, -0.15) is 5.10 Å². The summed E-state index contributed by atoms with van der Waals surface area (Å²) >= 11 is 5.88. The topological polar surface area (TPSA) is 58.4 Å². The number of aromatic nitrogens is 2. The lowest BCUT2D eigenvalue weighted by atomic mass is 10.1. The Hall–Kier alpha value is -2.01. The lowest BCUT2D eigenvalue weighted by Gasteiger charge is -2.31. The quantitative estimate of drug-likeness (QED) is 0.878. The van der Waals surface area contributed by atoms with Crippen molar-refractivity contribution < 1.29 is 9.90 Å². The Balaban J connectivity index is 1.94.